The number of Topliss-reactive ketones (excluding diaryl/α,β-unsaturated/α-hetero) is 1. The van der Waals surface area contributed by atoms with Gasteiger partial charge in [0.1, 0.15) is 11.5 Å². The summed E-state index contributed by atoms with van der Waals surface area (Å²) in [5.41, 5.74) is 1.25. The Kier molecular flexibility index (Phi) is 7.05. The highest BCUT2D eigenvalue weighted by Crippen LogP contribution is 2.31. The molecule has 0 atom stereocenters. The minimum absolute atomic E-state index is 0.105. The van der Waals surface area contributed by atoms with E-state index in [1.54, 1.807) is 38.5 Å². The van der Waals surface area contributed by atoms with Crippen LogP contribution >= 0.6 is 35.0 Å². The first-order valence-electron chi connectivity index (χ1n) is 8.74. The van der Waals surface area contributed by atoms with Crippen molar-refractivity contribution < 1.29 is 14.3 Å². The van der Waals surface area contributed by atoms with Gasteiger partial charge in [0, 0.05) is 28.8 Å². The maximum absolute atomic E-state index is 12.6. The van der Waals surface area contributed by atoms with Gasteiger partial charge in [-0.3, -0.25) is 4.79 Å². The zero-order valence-electron chi connectivity index (χ0n) is 16.1. The van der Waals surface area contributed by atoms with E-state index in [0.29, 0.717) is 44.6 Å². The molecule has 0 fully saturated rings. The van der Waals surface area contributed by atoms with Crippen LogP contribution in [-0.4, -0.2) is 40.5 Å². The predicted octanol–water partition coefficient (Wildman–Crippen LogP) is 5.26. The van der Waals surface area contributed by atoms with Gasteiger partial charge in [-0.15, -0.1) is 10.2 Å². The van der Waals surface area contributed by atoms with Gasteiger partial charge in [-0.05, 0) is 37.3 Å². The number of methoxy groups -OCH3 is 2. The molecule has 0 unspecified atom stereocenters. The number of carbonyl (C=O) groups is 1. The largest absolute Gasteiger partial charge is 0.497 e. The lowest BCUT2D eigenvalue weighted by molar-refractivity contribution is 0.102. The molecule has 0 aliphatic rings. The predicted molar refractivity (Wildman–Crippen MR) is 116 cm³/mol. The smallest absolute Gasteiger partial charge is 0.191 e. The first-order chi connectivity index (χ1) is 14.0. The van der Waals surface area contributed by atoms with Gasteiger partial charge in [0.25, 0.3) is 0 Å². The van der Waals surface area contributed by atoms with E-state index >= 15 is 0 Å². The van der Waals surface area contributed by atoms with Crippen molar-refractivity contribution in [3.05, 3.63) is 52.0 Å². The molecule has 0 amide bonds. The lowest BCUT2D eigenvalue weighted by atomic mass is 10.1. The van der Waals surface area contributed by atoms with Gasteiger partial charge < -0.3 is 14.0 Å². The number of halogens is 2. The van der Waals surface area contributed by atoms with E-state index in [9.17, 15) is 4.79 Å². The van der Waals surface area contributed by atoms with Crippen LogP contribution in [0.3, 0.4) is 0 Å². The van der Waals surface area contributed by atoms with E-state index in [1.807, 2.05) is 23.6 Å². The highest BCUT2D eigenvalue weighted by molar-refractivity contribution is 7.99. The molecule has 0 radical (unpaired) electrons. The second-order valence-corrected chi connectivity index (χ2v) is 7.77. The maximum atomic E-state index is 12.6. The van der Waals surface area contributed by atoms with Gasteiger partial charge in [0.15, 0.2) is 16.8 Å². The SMILES string of the molecule is CCn1c(SCC(=O)c2ccc(Cl)cc2Cl)nnc1-c1cc(OC)cc(OC)c1. The van der Waals surface area contributed by atoms with Crippen molar-refractivity contribution in [3.63, 3.8) is 0 Å². The van der Waals surface area contributed by atoms with E-state index < -0.39 is 0 Å². The Labute approximate surface area is 183 Å². The Balaban J connectivity index is 1.84. The molecule has 0 aliphatic heterocycles. The van der Waals surface area contributed by atoms with Gasteiger partial charge in [-0.2, -0.15) is 0 Å². The van der Waals surface area contributed by atoms with Crippen LogP contribution < -0.4 is 9.47 Å². The lowest BCUT2D eigenvalue weighted by Gasteiger charge is -2.10. The number of ketones is 1. The first kappa shape index (κ1) is 21.5. The zero-order valence-corrected chi connectivity index (χ0v) is 18.4. The Bertz CT molecular complexity index is 1020. The van der Waals surface area contributed by atoms with Crippen LogP contribution in [0.4, 0.5) is 0 Å². The molecular weight excluding hydrogens is 433 g/mol. The fourth-order valence-corrected chi connectivity index (χ4v) is 4.15. The number of nitrogens with zero attached hydrogens (tertiary/aromatic N) is 3. The minimum atomic E-state index is -0.105. The van der Waals surface area contributed by atoms with Crippen LogP contribution in [0.25, 0.3) is 11.4 Å². The van der Waals surface area contributed by atoms with E-state index in [2.05, 4.69) is 10.2 Å². The van der Waals surface area contributed by atoms with Gasteiger partial charge >= 0.3 is 0 Å². The maximum Gasteiger partial charge on any atom is 0.191 e. The molecule has 0 saturated heterocycles. The van der Waals surface area contributed by atoms with Crippen molar-refractivity contribution in [2.75, 3.05) is 20.0 Å². The van der Waals surface area contributed by atoms with Crippen molar-refractivity contribution in [2.24, 2.45) is 0 Å². The van der Waals surface area contributed by atoms with Crippen molar-refractivity contribution in [3.8, 4) is 22.9 Å². The Hall–Kier alpha value is -2.22. The van der Waals surface area contributed by atoms with Crippen molar-refractivity contribution >= 4 is 40.7 Å². The van der Waals surface area contributed by atoms with Crippen molar-refractivity contribution in [2.45, 2.75) is 18.6 Å². The normalized spacial score (nSPS) is 10.8. The van der Waals surface area contributed by atoms with Crippen LogP contribution in [0.1, 0.15) is 17.3 Å². The van der Waals surface area contributed by atoms with Crippen molar-refractivity contribution in [1.29, 1.82) is 0 Å². The summed E-state index contributed by atoms with van der Waals surface area (Å²) < 4.78 is 12.6. The number of rotatable bonds is 8. The highest BCUT2D eigenvalue weighted by atomic mass is 35.5. The Morgan fingerprint density at radius 1 is 1.07 bits per heavy atom. The molecule has 0 aliphatic carbocycles. The Morgan fingerprint density at radius 2 is 1.76 bits per heavy atom. The van der Waals surface area contributed by atoms with Gasteiger partial charge in [0.05, 0.1) is 25.0 Å². The molecule has 2 aromatic carbocycles. The summed E-state index contributed by atoms with van der Waals surface area (Å²) in [5, 5.41) is 10.0. The van der Waals surface area contributed by atoms with Gasteiger partial charge in [0.2, 0.25) is 0 Å². The molecule has 9 heteroatoms. The number of ether oxygens (including phenoxy) is 2. The second-order valence-electron chi connectivity index (χ2n) is 5.99. The topological polar surface area (TPSA) is 66.2 Å². The number of benzene rings is 2. The molecule has 6 nitrogen and oxygen atoms in total. The van der Waals surface area contributed by atoms with Crippen molar-refractivity contribution in [1.82, 2.24) is 14.8 Å². The summed E-state index contributed by atoms with van der Waals surface area (Å²) in [4.78, 5) is 12.6. The summed E-state index contributed by atoms with van der Waals surface area (Å²) in [6.07, 6.45) is 0. The molecule has 1 heterocycles. The van der Waals surface area contributed by atoms with Gasteiger partial charge in [-0.25, -0.2) is 0 Å². The minimum Gasteiger partial charge on any atom is -0.497 e. The monoisotopic (exact) mass is 451 g/mol. The third-order valence-electron chi connectivity index (χ3n) is 4.21. The highest BCUT2D eigenvalue weighted by Gasteiger charge is 2.18. The van der Waals surface area contributed by atoms with E-state index in [-0.39, 0.29) is 11.5 Å². The summed E-state index contributed by atoms with van der Waals surface area (Å²) >= 11 is 13.3. The molecule has 29 heavy (non-hydrogen) atoms. The standard InChI is InChI=1S/C20H19Cl2N3O3S/c1-4-25-19(12-7-14(27-2)10-15(8-12)28-3)23-24-20(25)29-11-18(26)16-6-5-13(21)9-17(16)22/h5-10H,4,11H2,1-3H3. The number of thioether (sulfide) groups is 1. The molecule has 0 bridgehead atoms. The number of hydrogen-bond donors (Lipinski definition) is 0. The molecule has 0 N–H and O–H groups in total. The van der Waals surface area contributed by atoms with E-state index in [0.717, 1.165) is 5.56 Å². The van der Waals surface area contributed by atoms with E-state index in [1.165, 1.54) is 11.8 Å². The zero-order chi connectivity index (χ0) is 21.0. The van der Waals surface area contributed by atoms with Crippen LogP contribution in [0, 0.1) is 0 Å². The molecular formula is C20H19Cl2N3O3S. The fraction of sp³-hybridized carbons (Fsp3) is 0.250. The van der Waals surface area contributed by atoms with Crippen LogP contribution in [0.15, 0.2) is 41.6 Å². The number of hydrogen-bond acceptors (Lipinski definition) is 6. The molecule has 152 valence electrons. The number of carbonyl (C=O) groups excluding carboxylic acids is 1. The number of aromatic nitrogens is 3. The average molecular weight is 452 g/mol. The molecule has 3 aromatic rings. The molecule has 3 rings (SSSR count). The lowest BCUT2D eigenvalue weighted by Crippen LogP contribution is -2.06. The van der Waals surface area contributed by atoms with E-state index in [4.69, 9.17) is 32.7 Å². The van der Waals surface area contributed by atoms with Gasteiger partial charge in [-0.1, -0.05) is 35.0 Å². The average Bonchev–Trinajstić information content (AvgIpc) is 3.14. The van der Waals surface area contributed by atoms with Crippen LogP contribution in [0.5, 0.6) is 11.5 Å². The van der Waals surface area contributed by atoms with Crippen LogP contribution in [-0.2, 0) is 6.54 Å². The fourth-order valence-electron chi connectivity index (χ4n) is 2.75. The third kappa shape index (κ3) is 4.86. The molecule has 0 spiro atoms. The Morgan fingerprint density at radius 3 is 2.34 bits per heavy atom. The molecule has 1 aromatic heterocycles. The second kappa shape index (κ2) is 9.52. The summed E-state index contributed by atoms with van der Waals surface area (Å²) in [7, 11) is 3.19. The third-order valence-corrected chi connectivity index (χ3v) is 5.72. The summed E-state index contributed by atoms with van der Waals surface area (Å²) in [6, 6.07) is 10.4. The summed E-state index contributed by atoms with van der Waals surface area (Å²) in [6.45, 7) is 2.63. The van der Waals surface area contributed by atoms with Crippen LogP contribution in [0.2, 0.25) is 10.0 Å². The first-order valence-corrected chi connectivity index (χ1v) is 10.5. The quantitative estimate of drug-likeness (QED) is 0.343. The molecule has 0 saturated carbocycles. The summed E-state index contributed by atoms with van der Waals surface area (Å²) in [5.74, 6) is 2.07.